The third-order valence-corrected chi connectivity index (χ3v) is 4.49. The van der Waals surface area contributed by atoms with Crippen molar-refractivity contribution in [1.82, 2.24) is 10.1 Å². The normalized spacial score (nSPS) is 14.4. The van der Waals surface area contributed by atoms with E-state index >= 15 is 0 Å². The molecule has 1 aliphatic heterocycles. The average Bonchev–Trinajstić information content (AvgIpc) is 3.26. The van der Waals surface area contributed by atoms with Gasteiger partial charge in [-0.15, -0.1) is 11.3 Å². The van der Waals surface area contributed by atoms with Crippen LogP contribution in [0.2, 0.25) is 0 Å². The van der Waals surface area contributed by atoms with Crippen molar-refractivity contribution in [1.29, 1.82) is 0 Å². The number of ether oxygens (including phenoxy) is 1. The van der Waals surface area contributed by atoms with Gasteiger partial charge in [0.25, 0.3) is 0 Å². The number of thiophene rings is 1. The fraction of sp³-hybridized carbons (Fsp3) is 0.250. The minimum atomic E-state index is -0.0541. The van der Waals surface area contributed by atoms with Crippen LogP contribution in [0.15, 0.2) is 40.2 Å². The molecule has 3 aromatic rings. The molecular weight excluding hydrogens is 298 g/mol. The SMILES string of the molecule is C[C@H](Nc1ccc2c(c1)CCO2)c1nc(-c2cccs2)no1. The smallest absolute Gasteiger partial charge is 0.249 e. The second-order valence-corrected chi connectivity index (χ2v) is 6.17. The summed E-state index contributed by atoms with van der Waals surface area (Å²) >= 11 is 1.60. The molecule has 0 aliphatic carbocycles. The largest absolute Gasteiger partial charge is 0.493 e. The summed E-state index contributed by atoms with van der Waals surface area (Å²) < 4.78 is 10.9. The van der Waals surface area contributed by atoms with Gasteiger partial charge < -0.3 is 14.6 Å². The Balaban J connectivity index is 1.51. The number of nitrogens with one attached hydrogen (secondary N) is 1. The molecule has 0 saturated carbocycles. The summed E-state index contributed by atoms with van der Waals surface area (Å²) in [6.45, 7) is 2.78. The lowest BCUT2D eigenvalue weighted by molar-refractivity contribution is 0.357. The summed E-state index contributed by atoms with van der Waals surface area (Å²) in [4.78, 5) is 5.48. The van der Waals surface area contributed by atoms with Crippen LogP contribution >= 0.6 is 11.3 Å². The Morgan fingerprint density at radius 3 is 3.14 bits per heavy atom. The topological polar surface area (TPSA) is 60.2 Å². The zero-order chi connectivity index (χ0) is 14.9. The van der Waals surface area contributed by atoms with Gasteiger partial charge in [-0.05, 0) is 42.1 Å². The number of rotatable bonds is 4. The first kappa shape index (κ1) is 13.3. The monoisotopic (exact) mass is 313 g/mol. The van der Waals surface area contributed by atoms with Gasteiger partial charge >= 0.3 is 0 Å². The minimum absolute atomic E-state index is 0.0541. The molecule has 1 aliphatic rings. The molecule has 1 atom stereocenters. The van der Waals surface area contributed by atoms with Gasteiger partial charge in [-0.3, -0.25) is 0 Å². The molecule has 0 fully saturated rings. The van der Waals surface area contributed by atoms with Crippen LogP contribution in [0.5, 0.6) is 5.75 Å². The maximum Gasteiger partial charge on any atom is 0.249 e. The van der Waals surface area contributed by atoms with E-state index in [1.807, 2.05) is 36.6 Å². The van der Waals surface area contributed by atoms with E-state index in [0.29, 0.717) is 11.7 Å². The molecule has 2 aromatic heterocycles. The summed E-state index contributed by atoms with van der Waals surface area (Å²) in [6, 6.07) is 10.0. The molecule has 0 spiro atoms. The molecule has 0 saturated heterocycles. The van der Waals surface area contributed by atoms with Crippen molar-refractivity contribution >= 4 is 17.0 Å². The second kappa shape index (κ2) is 5.46. The van der Waals surface area contributed by atoms with Crippen molar-refractivity contribution in [2.24, 2.45) is 0 Å². The number of anilines is 1. The fourth-order valence-corrected chi connectivity index (χ4v) is 3.15. The van der Waals surface area contributed by atoms with Crippen molar-refractivity contribution in [2.45, 2.75) is 19.4 Å². The lowest BCUT2D eigenvalue weighted by Crippen LogP contribution is -2.07. The van der Waals surface area contributed by atoms with E-state index < -0.39 is 0 Å². The molecule has 3 heterocycles. The third kappa shape index (κ3) is 2.46. The molecule has 0 amide bonds. The van der Waals surface area contributed by atoms with Crippen LogP contribution in [0.3, 0.4) is 0 Å². The number of hydrogen-bond donors (Lipinski definition) is 1. The Bertz CT molecular complexity index is 783. The van der Waals surface area contributed by atoms with Gasteiger partial charge in [0.05, 0.1) is 11.5 Å². The fourth-order valence-electron chi connectivity index (χ4n) is 2.51. The van der Waals surface area contributed by atoms with Crippen molar-refractivity contribution in [3.63, 3.8) is 0 Å². The number of aromatic nitrogens is 2. The molecule has 112 valence electrons. The Labute approximate surface area is 131 Å². The first-order chi connectivity index (χ1) is 10.8. The summed E-state index contributed by atoms with van der Waals surface area (Å²) in [5.74, 6) is 2.21. The summed E-state index contributed by atoms with van der Waals surface area (Å²) in [6.07, 6.45) is 0.961. The number of fused-ring (bicyclic) bond motifs is 1. The molecule has 0 radical (unpaired) electrons. The molecule has 22 heavy (non-hydrogen) atoms. The Morgan fingerprint density at radius 1 is 1.32 bits per heavy atom. The minimum Gasteiger partial charge on any atom is -0.493 e. The lowest BCUT2D eigenvalue weighted by atomic mass is 10.1. The van der Waals surface area contributed by atoms with Crippen molar-refractivity contribution in [3.05, 3.63) is 47.2 Å². The molecule has 6 heteroatoms. The molecular formula is C16H15N3O2S. The zero-order valence-corrected chi connectivity index (χ0v) is 12.9. The van der Waals surface area contributed by atoms with Gasteiger partial charge in [-0.1, -0.05) is 11.2 Å². The maximum absolute atomic E-state index is 5.52. The maximum atomic E-state index is 5.52. The summed E-state index contributed by atoms with van der Waals surface area (Å²) in [5, 5.41) is 9.44. The molecule has 1 N–H and O–H groups in total. The average molecular weight is 313 g/mol. The number of hydrogen-bond acceptors (Lipinski definition) is 6. The van der Waals surface area contributed by atoms with E-state index in [1.54, 1.807) is 11.3 Å². The van der Waals surface area contributed by atoms with Crippen LogP contribution in [-0.4, -0.2) is 16.7 Å². The zero-order valence-electron chi connectivity index (χ0n) is 12.1. The summed E-state index contributed by atoms with van der Waals surface area (Å²) in [7, 11) is 0. The molecule has 4 rings (SSSR count). The Kier molecular flexibility index (Phi) is 3.31. The van der Waals surface area contributed by atoms with Gasteiger partial charge in [-0.2, -0.15) is 4.98 Å². The van der Waals surface area contributed by atoms with E-state index in [2.05, 4.69) is 21.5 Å². The predicted octanol–water partition coefficient (Wildman–Crippen LogP) is 3.91. The van der Waals surface area contributed by atoms with Crippen molar-refractivity contribution < 1.29 is 9.26 Å². The lowest BCUT2D eigenvalue weighted by Gasteiger charge is -2.12. The van der Waals surface area contributed by atoms with E-state index in [0.717, 1.165) is 29.3 Å². The third-order valence-electron chi connectivity index (χ3n) is 3.63. The van der Waals surface area contributed by atoms with E-state index in [4.69, 9.17) is 9.26 Å². The highest BCUT2D eigenvalue weighted by Crippen LogP contribution is 2.30. The number of nitrogens with zero attached hydrogens (tertiary/aromatic N) is 2. The van der Waals surface area contributed by atoms with Gasteiger partial charge in [-0.25, -0.2) is 0 Å². The second-order valence-electron chi connectivity index (χ2n) is 5.22. The van der Waals surface area contributed by atoms with Gasteiger partial charge in [0.15, 0.2) is 0 Å². The Hall–Kier alpha value is -2.34. The highest BCUT2D eigenvalue weighted by atomic mass is 32.1. The van der Waals surface area contributed by atoms with Crippen LogP contribution in [0.25, 0.3) is 10.7 Å². The van der Waals surface area contributed by atoms with Crippen molar-refractivity contribution in [2.75, 3.05) is 11.9 Å². The first-order valence-electron chi connectivity index (χ1n) is 7.19. The van der Waals surface area contributed by atoms with Crippen LogP contribution in [0.1, 0.15) is 24.4 Å². The molecule has 0 unspecified atom stereocenters. The van der Waals surface area contributed by atoms with Crippen molar-refractivity contribution in [3.8, 4) is 16.5 Å². The van der Waals surface area contributed by atoms with Crippen LogP contribution in [0, 0.1) is 0 Å². The molecule has 0 bridgehead atoms. The Morgan fingerprint density at radius 2 is 2.27 bits per heavy atom. The first-order valence-corrected chi connectivity index (χ1v) is 8.07. The van der Waals surface area contributed by atoms with E-state index in [-0.39, 0.29) is 6.04 Å². The van der Waals surface area contributed by atoms with Gasteiger partial charge in [0.2, 0.25) is 11.7 Å². The van der Waals surface area contributed by atoms with Crippen LogP contribution < -0.4 is 10.1 Å². The quantitative estimate of drug-likeness (QED) is 0.791. The highest BCUT2D eigenvalue weighted by Gasteiger charge is 2.17. The van der Waals surface area contributed by atoms with Gasteiger partial charge in [0.1, 0.15) is 11.8 Å². The standard InChI is InChI=1S/C16H15N3O2S/c1-10(16-18-15(19-21-16)14-3-2-8-22-14)17-12-4-5-13-11(9-12)6-7-20-13/h2-5,8-10,17H,6-7H2,1H3/t10-/m0/s1. The highest BCUT2D eigenvalue weighted by molar-refractivity contribution is 7.13. The van der Waals surface area contributed by atoms with Crippen LogP contribution in [0.4, 0.5) is 5.69 Å². The molecule has 5 nitrogen and oxygen atoms in total. The van der Waals surface area contributed by atoms with Crippen LogP contribution in [-0.2, 0) is 6.42 Å². The van der Waals surface area contributed by atoms with E-state index in [9.17, 15) is 0 Å². The number of benzene rings is 1. The molecule has 1 aromatic carbocycles. The van der Waals surface area contributed by atoms with Gasteiger partial charge in [0, 0.05) is 12.1 Å². The predicted molar refractivity (Wildman–Crippen MR) is 85.3 cm³/mol. The van der Waals surface area contributed by atoms with E-state index in [1.165, 1.54) is 5.56 Å². The summed E-state index contributed by atoms with van der Waals surface area (Å²) in [5.41, 5.74) is 2.27.